The molecule has 0 unspecified atom stereocenters. The molecule has 166 valence electrons. The first-order chi connectivity index (χ1) is 16.1. The summed E-state index contributed by atoms with van der Waals surface area (Å²) in [6.45, 7) is 2.78. The molecule has 4 aromatic rings. The maximum atomic E-state index is 12.4. The number of rotatable bonds is 7. The smallest absolute Gasteiger partial charge is 0.269 e. The van der Waals surface area contributed by atoms with E-state index in [1.165, 1.54) is 0 Å². The van der Waals surface area contributed by atoms with Crippen LogP contribution in [-0.4, -0.2) is 23.4 Å². The molecule has 2 amide bonds. The third-order valence-electron chi connectivity index (χ3n) is 4.92. The van der Waals surface area contributed by atoms with Crippen LogP contribution in [0.5, 0.6) is 11.5 Å². The molecule has 1 aromatic heterocycles. The van der Waals surface area contributed by atoms with Crippen LogP contribution in [0.3, 0.4) is 0 Å². The quantitative estimate of drug-likeness (QED) is 0.418. The molecular formula is C26H23N3O4. The molecule has 2 N–H and O–H groups in total. The molecule has 0 radical (unpaired) electrons. The summed E-state index contributed by atoms with van der Waals surface area (Å²) >= 11 is 0. The molecule has 7 heteroatoms. The van der Waals surface area contributed by atoms with Gasteiger partial charge in [0.05, 0.1) is 6.61 Å². The highest BCUT2D eigenvalue weighted by atomic mass is 16.5. The summed E-state index contributed by atoms with van der Waals surface area (Å²) in [6, 6.07) is 23.3. The first-order valence-electron chi connectivity index (χ1n) is 10.5. The Morgan fingerprint density at radius 1 is 0.788 bits per heavy atom. The number of benzene rings is 3. The van der Waals surface area contributed by atoms with Gasteiger partial charge in [0.1, 0.15) is 23.6 Å². The standard InChI is InChI=1S/C26H23N3O4/c1-2-32-22-14-12-21(13-15-22)26(31)29-28-25(30)20-10-8-18(9-11-20)17-33-23-7-3-5-19-6-4-16-27-24(19)23/h3-16H,2,17H2,1H3,(H,28,30)(H,29,31). The molecule has 0 spiro atoms. The van der Waals surface area contributed by atoms with Crippen molar-refractivity contribution in [2.45, 2.75) is 13.5 Å². The van der Waals surface area contributed by atoms with E-state index in [-0.39, 0.29) is 0 Å². The lowest BCUT2D eigenvalue weighted by Gasteiger charge is -2.10. The Morgan fingerprint density at radius 3 is 2.09 bits per heavy atom. The number of pyridine rings is 1. The molecule has 33 heavy (non-hydrogen) atoms. The van der Waals surface area contributed by atoms with Gasteiger partial charge >= 0.3 is 0 Å². The normalized spacial score (nSPS) is 10.5. The largest absolute Gasteiger partial charge is 0.494 e. The molecule has 1 heterocycles. The summed E-state index contributed by atoms with van der Waals surface area (Å²) < 4.78 is 11.3. The topological polar surface area (TPSA) is 89.6 Å². The van der Waals surface area contributed by atoms with Crippen LogP contribution in [0, 0.1) is 0 Å². The summed E-state index contributed by atoms with van der Waals surface area (Å²) in [5.41, 5.74) is 7.37. The van der Waals surface area contributed by atoms with Crippen molar-refractivity contribution < 1.29 is 19.1 Å². The van der Waals surface area contributed by atoms with Crippen molar-refractivity contribution in [3.8, 4) is 11.5 Å². The van der Waals surface area contributed by atoms with Crippen LogP contribution in [-0.2, 0) is 6.61 Å². The van der Waals surface area contributed by atoms with E-state index in [9.17, 15) is 9.59 Å². The zero-order valence-corrected chi connectivity index (χ0v) is 18.1. The van der Waals surface area contributed by atoms with Crippen molar-refractivity contribution in [2.24, 2.45) is 0 Å². The van der Waals surface area contributed by atoms with Crippen LogP contribution in [0.1, 0.15) is 33.2 Å². The van der Waals surface area contributed by atoms with Gasteiger partial charge in [-0.3, -0.25) is 25.4 Å². The molecule has 0 aliphatic rings. The summed E-state index contributed by atoms with van der Waals surface area (Å²) in [6.07, 6.45) is 1.73. The van der Waals surface area contributed by atoms with Crippen molar-refractivity contribution in [1.82, 2.24) is 15.8 Å². The fraction of sp³-hybridized carbons (Fsp3) is 0.115. The molecule has 0 saturated heterocycles. The Bertz CT molecular complexity index is 1250. The average Bonchev–Trinajstić information content (AvgIpc) is 2.86. The number of aromatic nitrogens is 1. The Kier molecular flexibility index (Phi) is 6.80. The average molecular weight is 441 g/mol. The highest BCUT2D eigenvalue weighted by molar-refractivity contribution is 5.99. The van der Waals surface area contributed by atoms with Gasteiger partial charge in [-0.05, 0) is 61.0 Å². The van der Waals surface area contributed by atoms with E-state index in [2.05, 4.69) is 15.8 Å². The third kappa shape index (κ3) is 5.46. The van der Waals surface area contributed by atoms with Crippen LogP contribution in [0.2, 0.25) is 0 Å². The number of nitrogens with one attached hydrogen (secondary N) is 2. The predicted octanol–water partition coefficient (Wildman–Crippen LogP) is 4.29. The molecule has 7 nitrogen and oxygen atoms in total. The maximum absolute atomic E-state index is 12.4. The van der Waals surface area contributed by atoms with Crippen molar-refractivity contribution in [3.05, 3.63) is 102 Å². The third-order valence-corrected chi connectivity index (χ3v) is 4.92. The highest BCUT2D eigenvalue weighted by Crippen LogP contribution is 2.24. The lowest BCUT2D eigenvalue weighted by molar-refractivity contribution is 0.0846. The molecule has 0 aliphatic carbocycles. The lowest BCUT2D eigenvalue weighted by atomic mass is 10.1. The number of hydrogen-bond acceptors (Lipinski definition) is 5. The molecule has 3 aromatic carbocycles. The summed E-state index contributed by atoms with van der Waals surface area (Å²) in [5.74, 6) is 0.547. The molecule has 0 bridgehead atoms. The molecule has 0 atom stereocenters. The zero-order valence-electron chi connectivity index (χ0n) is 18.1. The van der Waals surface area contributed by atoms with Crippen molar-refractivity contribution in [2.75, 3.05) is 6.61 Å². The van der Waals surface area contributed by atoms with Gasteiger partial charge in [-0.15, -0.1) is 0 Å². The highest BCUT2D eigenvalue weighted by Gasteiger charge is 2.10. The number of para-hydroxylation sites is 1. The van der Waals surface area contributed by atoms with Gasteiger partial charge in [-0.1, -0.05) is 30.3 Å². The molecule has 4 rings (SSSR count). The Balaban J connectivity index is 1.31. The van der Waals surface area contributed by atoms with E-state index >= 15 is 0 Å². The van der Waals surface area contributed by atoms with Gasteiger partial charge in [0.15, 0.2) is 0 Å². The minimum Gasteiger partial charge on any atom is -0.494 e. The molecular weight excluding hydrogens is 418 g/mol. The SMILES string of the molecule is CCOc1ccc(C(=O)NNC(=O)c2ccc(COc3cccc4cccnc34)cc2)cc1. The monoisotopic (exact) mass is 441 g/mol. The summed E-state index contributed by atoms with van der Waals surface area (Å²) in [4.78, 5) is 29.0. The number of nitrogens with zero attached hydrogens (tertiary/aromatic N) is 1. The van der Waals surface area contributed by atoms with Gasteiger partial charge in [0.25, 0.3) is 11.8 Å². The number of carbonyl (C=O) groups is 2. The van der Waals surface area contributed by atoms with Crippen molar-refractivity contribution in [3.63, 3.8) is 0 Å². The second kappa shape index (κ2) is 10.3. The molecule has 0 aliphatic heterocycles. The fourth-order valence-corrected chi connectivity index (χ4v) is 3.23. The minimum atomic E-state index is -0.417. The number of amides is 2. The van der Waals surface area contributed by atoms with Crippen molar-refractivity contribution in [1.29, 1.82) is 0 Å². The van der Waals surface area contributed by atoms with E-state index in [0.29, 0.717) is 35.8 Å². The van der Waals surface area contributed by atoms with Gasteiger partial charge in [-0.25, -0.2) is 0 Å². The summed E-state index contributed by atoms with van der Waals surface area (Å²) in [7, 11) is 0. The zero-order chi connectivity index (χ0) is 23.0. The van der Waals surface area contributed by atoms with Crippen molar-refractivity contribution >= 4 is 22.7 Å². The van der Waals surface area contributed by atoms with E-state index in [1.54, 1.807) is 42.6 Å². The number of hydrogen-bond donors (Lipinski definition) is 2. The van der Waals surface area contributed by atoms with E-state index in [0.717, 1.165) is 16.5 Å². The van der Waals surface area contributed by atoms with E-state index < -0.39 is 11.8 Å². The van der Waals surface area contributed by atoms with Gasteiger partial charge in [0, 0.05) is 22.7 Å². The van der Waals surface area contributed by atoms with E-state index in [1.807, 2.05) is 49.4 Å². The van der Waals surface area contributed by atoms with Crippen LogP contribution in [0.15, 0.2) is 85.1 Å². The first kappa shape index (κ1) is 21.8. The lowest BCUT2D eigenvalue weighted by Crippen LogP contribution is -2.41. The Morgan fingerprint density at radius 2 is 1.42 bits per heavy atom. The summed E-state index contributed by atoms with van der Waals surface area (Å²) in [5, 5.41) is 1.01. The molecule has 0 saturated carbocycles. The van der Waals surface area contributed by atoms with Gasteiger partial charge in [-0.2, -0.15) is 0 Å². The van der Waals surface area contributed by atoms with Gasteiger partial charge < -0.3 is 9.47 Å². The number of ether oxygens (including phenoxy) is 2. The van der Waals surface area contributed by atoms with E-state index in [4.69, 9.17) is 9.47 Å². The Hall–Kier alpha value is -4.39. The van der Waals surface area contributed by atoms with Gasteiger partial charge in [0.2, 0.25) is 0 Å². The van der Waals surface area contributed by atoms with Crippen LogP contribution in [0.25, 0.3) is 10.9 Å². The second-order valence-electron chi connectivity index (χ2n) is 7.18. The Labute approximate surface area is 191 Å². The number of fused-ring (bicyclic) bond motifs is 1. The maximum Gasteiger partial charge on any atom is 0.269 e. The first-order valence-corrected chi connectivity index (χ1v) is 10.5. The fourth-order valence-electron chi connectivity index (χ4n) is 3.23. The number of carbonyl (C=O) groups excluding carboxylic acids is 2. The minimum absolute atomic E-state index is 0.339. The van der Waals surface area contributed by atoms with Crippen LogP contribution < -0.4 is 20.3 Å². The number of hydrazine groups is 1. The van der Waals surface area contributed by atoms with Crippen LogP contribution in [0.4, 0.5) is 0 Å². The molecule has 0 fully saturated rings. The van der Waals surface area contributed by atoms with Crippen LogP contribution >= 0.6 is 0 Å². The predicted molar refractivity (Wildman–Crippen MR) is 125 cm³/mol. The second-order valence-corrected chi connectivity index (χ2v) is 7.18.